The molecule has 0 spiro atoms. The molecule has 0 amide bonds. The Morgan fingerprint density at radius 1 is 1.16 bits per heavy atom. The number of hydrogen-bond acceptors (Lipinski definition) is 5. The molecule has 6 heteroatoms. The van der Waals surface area contributed by atoms with Crippen molar-refractivity contribution in [3.8, 4) is 11.1 Å². The molecule has 1 unspecified atom stereocenters. The monoisotopic (exact) mass is 335 g/mol. The number of aromatic nitrogens is 4. The zero-order chi connectivity index (χ0) is 17.2. The van der Waals surface area contributed by atoms with E-state index in [9.17, 15) is 5.11 Å². The van der Waals surface area contributed by atoms with E-state index < -0.39 is 6.10 Å². The number of nitrogens with zero attached hydrogens (tertiary/aromatic N) is 5. The molecule has 1 aliphatic rings. The average Bonchev–Trinajstić information content (AvgIpc) is 3.09. The Bertz CT molecular complexity index is 840. The summed E-state index contributed by atoms with van der Waals surface area (Å²) in [6, 6.07) is 13.0. The molecule has 25 heavy (non-hydrogen) atoms. The summed E-state index contributed by atoms with van der Waals surface area (Å²) in [5, 5.41) is 17.7. The summed E-state index contributed by atoms with van der Waals surface area (Å²) in [5.41, 5.74) is 4.33. The van der Waals surface area contributed by atoms with Crippen LogP contribution in [0, 0.1) is 0 Å². The number of aliphatic hydroxyl groups is 1. The smallest absolute Gasteiger partial charge is 0.111 e. The summed E-state index contributed by atoms with van der Waals surface area (Å²) in [5.74, 6) is 0. The topological polar surface area (TPSA) is 67.1 Å². The molecule has 128 valence electrons. The van der Waals surface area contributed by atoms with Gasteiger partial charge in [0.15, 0.2) is 0 Å². The summed E-state index contributed by atoms with van der Waals surface area (Å²) in [6.07, 6.45) is 4.92. The first kappa shape index (κ1) is 15.9. The van der Waals surface area contributed by atoms with Crippen molar-refractivity contribution in [2.45, 2.75) is 25.6 Å². The molecule has 3 aromatic rings. The molecule has 1 aliphatic heterocycles. The van der Waals surface area contributed by atoms with E-state index in [0.29, 0.717) is 11.7 Å². The Hall–Kier alpha value is -2.57. The van der Waals surface area contributed by atoms with E-state index >= 15 is 0 Å². The van der Waals surface area contributed by atoms with E-state index in [0.717, 1.165) is 19.6 Å². The van der Waals surface area contributed by atoms with Gasteiger partial charge in [0, 0.05) is 32.0 Å². The third kappa shape index (κ3) is 3.45. The molecule has 0 bridgehead atoms. The lowest BCUT2D eigenvalue weighted by Crippen LogP contribution is -2.47. The van der Waals surface area contributed by atoms with Gasteiger partial charge in [0.25, 0.3) is 0 Å². The number of hydrogen-bond donors (Lipinski definition) is 1. The van der Waals surface area contributed by atoms with Gasteiger partial charge in [-0.1, -0.05) is 23.4 Å². The highest BCUT2D eigenvalue weighted by Crippen LogP contribution is 2.25. The van der Waals surface area contributed by atoms with Crippen molar-refractivity contribution in [2.24, 2.45) is 0 Å². The van der Waals surface area contributed by atoms with E-state index in [1.165, 1.54) is 16.7 Å². The van der Waals surface area contributed by atoms with Gasteiger partial charge in [-0.05, 0) is 41.8 Å². The van der Waals surface area contributed by atoms with Crippen LogP contribution in [0.15, 0.2) is 55.0 Å². The lowest BCUT2D eigenvalue weighted by Gasteiger charge is -2.39. The molecule has 0 radical (unpaired) electrons. The quantitative estimate of drug-likeness (QED) is 0.776. The lowest BCUT2D eigenvalue weighted by molar-refractivity contribution is 0.0896. The van der Waals surface area contributed by atoms with Crippen molar-refractivity contribution in [1.82, 2.24) is 24.9 Å². The van der Waals surface area contributed by atoms with E-state index in [-0.39, 0.29) is 0 Å². The fourth-order valence-electron chi connectivity index (χ4n) is 3.15. The highest BCUT2D eigenvalue weighted by atomic mass is 16.3. The van der Waals surface area contributed by atoms with Gasteiger partial charge in [-0.25, -0.2) is 4.68 Å². The van der Waals surface area contributed by atoms with Crippen LogP contribution in [0.4, 0.5) is 0 Å². The third-order valence-corrected chi connectivity index (χ3v) is 4.61. The lowest BCUT2D eigenvalue weighted by atomic mass is 10.0. The van der Waals surface area contributed by atoms with Crippen molar-refractivity contribution >= 4 is 0 Å². The van der Waals surface area contributed by atoms with Crippen LogP contribution in [0.2, 0.25) is 0 Å². The molecule has 1 atom stereocenters. The standard InChI is InChI=1S/C19H21N5O/c1-14(25)19-13-24(22-21-19)18-11-23(12-18)10-15-3-2-4-17(9-15)16-5-7-20-8-6-16/h2-9,13-14,18,25H,10-12H2,1H3. The fourth-order valence-corrected chi connectivity index (χ4v) is 3.15. The summed E-state index contributed by atoms with van der Waals surface area (Å²) in [4.78, 5) is 6.47. The van der Waals surface area contributed by atoms with Crippen LogP contribution in [0.1, 0.15) is 30.3 Å². The number of rotatable bonds is 5. The number of likely N-dealkylation sites (tertiary alicyclic amines) is 1. The molecule has 0 aliphatic carbocycles. The van der Waals surface area contributed by atoms with Crippen LogP contribution in [0.25, 0.3) is 11.1 Å². The van der Waals surface area contributed by atoms with Gasteiger partial charge in [-0.2, -0.15) is 0 Å². The van der Waals surface area contributed by atoms with Gasteiger partial charge < -0.3 is 5.11 Å². The van der Waals surface area contributed by atoms with E-state index in [1.54, 1.807) is 6.92 Å². The minimum absolute atomic E-state index is 0.336. The highest BCUT2D eigenvalue weighted by molar-refractivity contribution is 5.63. The van der Waals surface area contributed by atoms with Crippen molar-refractivity contribution in [3.05, 3.63) is 66.2 Å². The maximum absolute atomic E-state index is 9.55. The van der Waals surface area contributed by atoms with Gasteiger partial charge in [0.1, 0.15) is 5.69 Å². The number of benzene rings is 1. The van der Waals surface area contributed by atoms with Crippen LogP contribution in [0.3, 0.4) is 0 Å². The molecular weight excluding hydrogens is 314 g/mol. The third-order valence-electron chi connectivity index (χ3n) is 4.61. The normalized spacial score (nSPS) is 16.6. The average molecular weight is 335 g/mol. The maximum atomic E-state index is 9.55. The Balaban J connectivity index is 1.38. The second-order valence-electron chi connectivity index (χ2n) is 6.58. The second kappa shape index (κ2) is 6.74. The Morgan fingerprint density at radius 2 is 1.96 bits per heavy atom. The van der Waals surface area contributed by atoms with Crippen LogP contribution in [-0.2, 0) is 6.54 Å². The number of pyridine rings is 1. The van der Waals surface area contributed by atoms with Crippen molar-refractivity contribution in [1.29, 1.82) is 0 Å². The highest BCUT2D eigenvalue weighted by Gasteiger charge is 2.29. The zero-order valence-corrected chi connectivity index (χ0v) is 14.2. The van der Waals surface area contributed by atoms with Gasteiger partial charge in [-0.3, -0.25) is 9.88 Å². The number of aliphatic hydroxyl groups excluding tert-OH is 1. The van der Waals surface area contributed by atoms with Crippen LogP contribution < -0.4 is 0 Å². The SMILES string of the molecule is CC(O)c1cn(C2CN(Cc3cccc(-c4ccncc4)c3)C2)nn1. The minimum Gasteiger partial charge on any atom is -0.387 e. The van der Waals surface area contributed by atoms with E-state index in [4.69, 9.17) is 0 Å². The van der Waals surface area contributed by atoms with Crippen molar-refractivity contribution in [3.63, 3.8) is 0 Å². The van der Waals surface area contributed by atoms with Crippen LogP contribution in [0.5, 0.6) is 0 Å². The van der Waals surface area contributed by atoms with Crippen LogP contribution in [-0.4, -0.2) is 43.1 Å². The van der Waals surface area contributed by atoms with E-state index in [2.05, 4.69) is 44.5 Å². The molecule has 0 saturated carbocycles. The molecular formula is C19H21N5O. The predicted octanol–water partition coefficient (Wildman–Crippen LogP) is 2.45. The molecule has 6 nitrogen and oxygen atoms in total. The Kier molecular flexibility index (Phi) is 4.29. The summed E-state index contributed by atoms with van der Waals surface area (Å²) >= 11 is 0. The Morgan fingerprint density at radius 3 is 2.68 bits per heavy atom. The first-order valence-corrected chi connectivity index (χ1v) is 8.50. The van der Waals surface area contributed by atoms with E-state index in [1.807, 2.05) is 35.4 Å². The molecule has 1 N–H and O–H groups in total. The van der Waals surface area contributed by atoms with Gasteiger partial charge in [-0.15, -0.1) is 5.10 Å². The molecule has 3 heterocycles. The van der Waals surface area contributed by atoms with Crippen LogP contribution >= 0.6 is 0 Å². The molecule has 1 fully saturated rings. The van der Waals surface area contributed by atoms with Gasteiger partial charge in [0.05, 0.1) is 18.3 Å². The van der Waals surface area contributed by atoms with Gasteiger partial charge in [0.2, 0.25) is 0 Å². The largest absolute Gasteiger partial charge is 0.387 e. The van der Waals surface area contributed by atoms with Gasteiger partial charge >= 0.3 is 0 Å². The molecule has 4 rings (SSSR count). The summed E-state index contributed by atoms with van der Waals surface area (Å²) in [6.45, 7) is 4.52. The Labute approximate surface area is 146 Å². The molecule has 1 aromatic carbocycles. The first-order chi connectivity index (χ1) is 12.2. The zero-order valence-electron chi connectivity index (χ0n) is 14.2. The van der Waals surface area contributed by atoms with Crippen molar-refractivity contribution < 1.29 is 5.11 Å². The first-order valence-electron chi connectivity index (χ1n) is 8.50. The predicted molar refractivity (Wildman–Crippen MR) is 94.6 cm³/mol. The summed E-state index contributed by atoms with van der Waals surface area (Å²) < 4.78 is 1.87. The van der Waals surface area contributed by atoms with Crippen molar-refractivity contribution in [2.75, 3.05) is 13.1 Å². The fraction of sp³-hybridized carbons (Fsp3) is 0.316. The summed E-state index contributed by atoms with van der Waals surface area (Å²) in [7, 11) is 0. The minimum atomic E-state index is -0.569. The maximum Gasteiger partial charge on any atom is 0.111 e. The molecule has 2 aromatic heterocycles. The second-order valence-corrected chi connectivity index (χ2v) is 6.58. The molecule has 1 saturated heterocycles.